The van der Waals surface area contributed by atoms with Gasteiger partial charge in [0.2, 0.25) is 0 Å². The second-order valence-electron chi connectivity index (χ2n) is 18.8. The molecule has 53 heavy (non-hydrogen) atoms. The number of aromatic nitrogens is 6. The van der Waals surface area contributed by atoms with E-state index in [0.29, 0.717) is 11.8 Å². The second kappa shape index (κ2) is 12.8. The van der Waals surface area contributed by atoms with E-state index in [-0.39, 0.29) is 34.5 Å². The van der Waals surface area contributed by atoms with Crippen LogP contribution in [-0.2, 0) is 30.1 Å². The highest BCUT2D eigenvalue weighted by molar-refractivity contribution is 5.85. The standard InChI is InChI=1S/C45H58N6O2/c1-28(2)34-20-30-11-13-38-42(5,15-9-17-44(38,7)40(52)50-26-46-24-48-50)36(30)22-32(34)19-33-23-37-31(21-35(33)29(3)4)12-14-39-43(37,6)16-10-18-45(39,8)41(53)51-27-47-25-49-51/h20-29,38-39H,9-19H2,1-8H3. The molecule has 0 spiro atoms. The van der Waals surface area contributed by atoms with E-state index in [0.717, 1.165) is 70.6 Å². The molecule has 0 N–H and O–H groups in total. The van der Waals surface area contributed by atoms with Crippen LogP contribution in [0.25, 0.3) is 0 Å². The average molecular weight is 715 g/mol. The molecule has 280 valence electrons. The quantitative estimate of drug-likeness (QED) is 0.198. The summed E-state index contributed by atoms with van der Waals surface area (Å²) in [5, 5.41) is 8.55. The number of rotatable bonds is 6. The number of hydrogen-bond acceptors (Lipinski definition) is 6. The van der Waals surface area contributed by atoms with Crippen LogP contribution in [0.2, 0.25) is 0 Å². The first kappa shape index (κ1) is 36.1. The smallest absolute Gasteiger partial charge is 0.254 e. The van der Waals surface area contributed by atoms with Crippen LogP contribution in [0.3, 0.4) is 0 Å². The zero-order valence-corrected chi connectivity index (χ0v) is 33.2. The minimum atomic E-state index is -0.492. The second-order valence-corrected chi connectivity index (χ2v) is 18.8. The predicted molar refractivity (Wildman–Crippen MR) is 207 cm³/mol. The summed E-state index contributed by atoms with van der Waals surface area (Å²) in [6.45, 7) is 18.6. The van der Waals surface area contributed by atoms with Gasteiger partial charge in [-0.2, -0.15) is 19.6 Å². The summed E-state index contributed by atoms with van der Waals surface area (Å²) in [4.78, 5) is 36.3. The van der Waals surface area contributed by atoms with Gasteiger partial charge >= 0.3 is 0 Å². The molecule has 0 aliphatic heterocycles. The van der Waals surface area contributed by atoms with Gasteiger partial charge in [0.25, 0.3) is 11.8 Å². The number of benzene rings is 2. The zero-order chi connectivity index (χ0) is 37.5. The molecule has 8 heteroatoms. The van der Waals surface area contributed by atoms with Gasteiger partial charge in [0.05, 0.1) is 10.8 Å². The van der Waals surface area contributed by atoms with Crippen molar-refractivity contribution in [2.45, 2.75) is 149 Å². The molecular formula is C45H58N6O2. The van der Waals surface area contributed by atoms with Gasteiger partial charge in [0, 0.05) is 0 Å². The lowest BCUT2D eigenvalue weighted by molar-refractivity contribution is 0.0150. The summed E-state index contributed by atoms with van der Waals surface area (Å²) in [5.41, 5.74) is 10.4. The monoisotopic (exact) mass is 714 g/mol. The first-order valence-corrected chi connectivity index (χ1v) is 20.3. The fraction of sp³-hybridized carbons (Fsp3) is 0.600. The molecule has 4 aromatic rings. The predicted octanol–water partition coefficient (Wildman–Crippen LogP) is 9.41. The highest BCUT2D eigenvalue weighted by Gasteiger charge is 2.57. The summed E-state index contributed by atoms with van der Waals surface area (Å²) in [5.74, 6) is 1.43. The van der Waals surface area contributed by atoms with Crippen molar-refractivity contribution < 1.29 is 9.59 Å². The van der Waals surface area contributed by atoms with Crippen molar-refractivity contribution in [3.8, 4) is 0 Å². The Morgan fingerprint density at radius 1 is 0.660 bits per heavy atom. The van der Waals surface area contributed by atoms with Gasteiger partial charge in [0.1, 0.15) is 25.3 Å². The molecule has 4 aliphatic rings. The van der Waals surface area contributed by atoms with Crippen LogP contribution in [-0.4, -0.2) is 41.3 Å². The lowest BCUT2D eigenvalue weighted by Gasteiger charge is -2.54. The highest BCUT2D eigenvalue weighted by atomic mass is 16.2. The Balaban J connectivity index is 1.20. The maximum absolute atomic E-state index is 14.1. The average Bonchev–Trinajstić information content (AvgIpc) is 3.86. The Morgan fingerprint density at radius 3 is 1.43 bits per heavy atom. The van der Waals surface area contributed by atoms with E-state index >= 15 is 0 Å². The van der Waals surface area contributed by atoms with Crippen LogP contribution < -0.4 is 0 Å². The number of nitrogens with zero attached hydrogens (tertiary/aromatic N) is 6. The molecule has 2 fully saturated rings. The molecule has 2 heterocycles. The molecular weight excluding hydrogens is 657 g/mol. The van der Waals surface area contributed by atoms with E-state index in [1.54, 1.807) is 12.7 Å². The lowest BCUT2D eigenvalue weighted by atomic mass is 9.49. The van der Waals surface area contributed by atoms with E-state index in [4.69, 9.17) is 0 Å². The Hall–Kier alpha value is -3.94. The minimum absolute atomic E-state index is 0.0811. The van der Waals surface area contributed by atoms with Crippen molar-refractivity contribution in [2.75, 3.05) is 0 Å². The molecule has 6 atom stereocenters. The van der Waals surface area contributed by atoms with Gasteiger partial charge in [-0.1, -0.05) is 92.5 Å². The molecule has 0 amide bonds. The van der Waals surface area contributed by atoms with E-state index < -0.39 is 10.8 Å². The number of fused-ring (bicyclic) bond motifs is 6. The largest absolute Gasteiger partial charge is 0.272 e. The van der Waals surface area contributed by atoms with E-state index in [2.05, 4.69) is 99.8 Å². The van der Waals surface area contributed by atoms with E-state index in [1.165, 1.54) is 66.5 Å². The van der Waals surface area contributed by atoms with Gasteiger partial charge in [-0.05, 0) is 137 Å². The van der Waals surface area contributed by atoms with Crippen molar-refractivity contribution in [2.24, 2.45) is 22.7 Å². The highest BCUT2D eigenvalue weighted by Crippen LogP contribution is 2.60. The van der Waals surface area contributed by atoms with Crippen molar-refractivity contribution in [3.05, 3.63) is 94.1 Å². The van der Waals surface area contributed by atoms with Gasteiger partial charge in [-0.3, -0.25) is 9.59 Å². The van der Waals surface area contributed by atoms with Crippen LogP contribution in [0, 0.1) is 22.7 Å². The third-order valence-corrected chi connectivity index (χ3v) is 15.1. The normalized spacial score (nSPS) is 30.8. The zero-order valence-electron chi connectivity index (χ0n) is 33.2. The third-order valence-electron chi connectivity index (χ3n) is 15.1. The summed E-state index contributed by atoms with van der Waals surface area (Å²) >= 11 is 0. The van der Waals surface area contributed by atoms with E-state index in [1.807, 2.05) is 0 Å². The SMILES string of the molecule is CC(C)c1cc2c(cc1Cc1cc3c(cc1C(C)C)CCC1C(C)(C(=O)n4cncn4)CCCC31C)C1(C)CCCC(C)(C(=O)n3cncn3)C1CC2. The fourth-order valence-electron chi connectivity index (χ4n) is 12.4. The molecule has 0 saturated heterocycles. The molecule has 2 aromatic heterocycles. The maximum atomic E-state index is 14.1. The fourth-order valence-corrected chi connectivity index (χ4v) is 12.4. The molecule has 8 rings (SSSR count). The first-order valence-electron chi connectivity index (χ1n) is 20.3. The maximum Gasteiger partial charge on any atom is 0.254 e. The van der Waals surface area contributed by atoms with Crippen LogP contribution in [0.5, 0.6) is 0 Å². The van der Waals surface area contributed by atoms with Crippen LogP contribution in [0.15, 0.2) is 49.6 Å². The third kappa shape index (κ3) is 5.51. The number of hydrogen-bond donors (Lipinski definition) is 0. The molecule has 2 saturated carbocycles. The van der Waals surface area contributed by atoms with Crippen LogP contribution >= 0.6 is 0 Å². The Morgan fingerprint density at radius 2 is 1.08 bits per heavy atom. The van der Waals surface area contributed by atoms with Gasteiger partial charge in [-0.25, -0.2) is 9.97 Å². The lowest BCUT2D eigenvalue weighted by Crippen LogP contribution is -2.53. The van der Waals surface area contributed by atoms with Crippen molar-refractivity contribution >= 4 is 11.8 Å². The van der Waals surface area contributed by atoms with Crippen molar-refractivity contribution in [1.29, 1.82) is 0 Å². The topological polar surface area (TPSA) is 95.6 Å². The van der Waals surface area contributed by atoms with E-state index in [9.17, 15) is 9.59 Å². The Kier molecular flexibility index (Phi) is 8.73. The van der Waals surface area contributed by atoms with Crippen molar-refractivity contribution in [1.82, 2.24) is 29.5 Å². The summed E-state index contributed by atoms with van der Waals surface area (Å²) in [7, 11) is 0. The molecule has 0 bridgehead atoms. The van der Waals surface area contributed by atoms with Gasteiger partial charge in [0.15, 0.2) is 0 Å². The molecule has 8 nitrogen and oxygen atoms in total. The summed E-state index contributed by atoms with van der Waals surface area (Å²) < 4.78 is 2.95. The van der Waals surface area contributed by atoms with Gasteiger partial charge in [-0.15, -0.1) is 0 Å². The Labute approximate surface area is 315 Å². The Bertz CT molecular complexity index is 1900. The molecule has 4 aliphatic carbocycles. The number of carbonyl (C=O) groups excluding carboxylic acids is 2. The molecule has 6 unspecified atom stereocenters. The first-order chi connectivity index (χ1) is 25.2. The summed E-state index contributed by atoms with van der Waals surface area (Å²) in [6.07, 6.45) is 17.0. The number of aryl methyl sites for hydroxylation is 2. The number of carbonyl (C=O) groups is 2. The van der Waals surface area contributed by atoms with Gasteiger partial charge < -0.3 is 0 Å². The van der Waals surface area contributed by atoms with Crippen LogP contribution in [0.4, 0.5) is 0 Å². The summed E-state index contributed by atoms with van der Waals surface area (Å²) in [6, 6.07) is 10.2. The minimum Gasteiger partial charge on any atom is -0.272 e. The van der Waals surface area contributed by atoms with Crippen molar-refractivity contribution in [3.63, 3.8) is 0 Å². The molecule has 2 aromatic carbocycles. The molecule has 0 radical (unpaired) electrons. The van der Waals surface area contributed by atoms with Crippen LogP contribution in [0.1, 0.15) is 173 Å².